The minimum atomic E-state index is -0.833. The van der Waals surface area contributed by atoms with Gasteiger partial charge in [-0.2, -0.15) is 0 Å². The molecule has 0 unspecified atom stereocenters. The number of rotatable bonds is 9. The number of carbonyl (C=O) groups is 2. The Bertz CT molecular complexity index is 497. The van der Waals surface area contributed by atoms with Crippen molar-refractivity contribution in [2.24, 2.45) is 11.8 Å². The van der Waals surface area contributed by atoms with Gasteiger partial charge in [0.15, 0.2) is 0 Å². The van der Waals surface area contributed by atoms with Crippen molar-refractivity contribution in [1.29, 1.82) is 0 Å². The van der Waals surface area contributed by atoms with Gasteiger partial charge in [0.25, 0.3) is 5.97 Å². The first-order valence-corrected chi connectivity index (χ1v) is 10.5. The highest BCUT2D eigenvalue weighted by Crippen LogP contribution is 2.36. The fourth-order valence-corrected chi connectivity index (χ4v) is 3.80. The van der Waals surface area contributed by atoms with Gasteiger partial charge in [0.1, 0.15) is 5.78 Å². The smallest absolute Gasteiger partial charge is 0.300 e. The Kier molecular flexibility index (Phi) is 12.0. The number of hydrogen-bond acceptors (Lipinski definition) is 6. The van der Waals surface area contributed by atoms with Crippen LogP contribution in [-0.4, -0.2) is 70.9 Å². The third kappa shape index (κ3) is 9.17. The van der Waals surface area contributed by atoms with Gasteiger partial charge in [-0.1, -0.05) is 26.2 Å². The van der Waals surface area contributed by atoms with Crippen LogP contribution in [0.5, 0.6) is 0 Å². The molecule has 0 amide bonds. The number of aliphatic carboxylic acids is 1. The number of Topliss-reactive ketones (excluding diaryl/α,β-unsaturated/α-hetero) is 1. The zero-order valence-corrected chi connectivity index (χ0v) is 17.3. The number of ether oxygens (including phenoxy) is 1. The number of aliphatic hydroxyl groups is 2. The van der Waals surface area contributed by atoms with Gasteiger partial charge in [0, 0.05) is 32.4 Å². The molecule has 2 rings (SSSR count). The van der Waals surface area contributed by atoms with Gasteiger partial charge in [0.05, 0.1) is 31.0 Å². The Balaban J connectivity index is 0.000000892. The summed E-state index contributed by atoms with van der Waals surface area (Å²) in [4.78, 5) is 23.5. The van der Waals surface area contributed by atoms with Crippen LogP contribution in [0.15, 0.2) is 11.8 Å². The Morgan fingerprint density at radius 1 is 1.21 bits per heavy atom. The molecule has 0 aromatic rings. The highest BCUT2D eigenvalue weighted by molar-refractivity contribution is 5.84. The van der Waals surface area contributed by atoms with E-state index in [4.69, 9.17) is 14.6 Å². The summed E-state index contributed by atoms with van der Waals surface area (Å²) >= 11 is 0. The van der Waals surface area contributed by atoms with E-state index in [0.717, 1.165) is 59.0 Å². The number of carboxylic acid groups (broad SMARTS) is 1. The summed E-state index contributed by atoms with van der Waals surface area (Å²) in [6.45, 7) is 7.36. The first-order valence-electron chi connectivity index (χ1n) is 10.5. The van der Waals surface area contributed by atoms with Crippen LogP contribution in [0.1, 0.15) is 58.8 Å². The zero-order valence-electron chi connectivity index (χ0n) is 17.3. The molecule has 0 aromatic carbocycles. The molecule has 7 heteroatoms. The topological polar surface area (TPSA) is 107 Å². The van der Waals surface area contributed by atoms with Crippen molar-refractivity contribution in [3.63, 3.8) is 0 Å². The molecule has 28 heavy (non-hydrogen) atoms. The van der Waals surface area contributed by atoms with Crippen molar-refractivity contribution in [2.75, 3.05) is 32.8 Å². The highest BCUT2D eigenvalue weighted by Gasteiger charge is 2.43. The number of allylic oxidation sites excluding steroid dienone is 1. The van der Waals surface area contributed by atoms with E-state index in [1.165, 1.54) is 12.8 Å². The number of carbonyl (C=O) groups excluding carboxylic acids is 1. The molecule has 2 aliphatic rings. The largest absolute Gasteiger partial charge is 0.512 e. The molecule has 0 spiro atoms. The molecule has 1 aliphatic heterocycles. The normalized spacial score (nSPS) is 26.0. The fourth-order valence-electron chi connectivity index (χ4n) is 3.80. The van der Waals surface area contributed by atoms with Crippen LogP contribution < -0.4 is 0 Å². The van der Waals surface area contributed by atoms with Gasteiger partial charge < -0.3 is 20.1 Å². The molecule has 3 N–H and O–H groups in total. The molecule has 1 saturated carbocycles. The van der Waals surface area contributed by atoms with E-state index in [2.05, 4.69) is 11.8 Å². The third-order valence-electron chi connectivity index (χ3n) is 5.28. The van der Waals surface area contributed by atoms with Crippen LogP contribution in [0.3, 0.4) is 0 Å². The van der Waals surface area contributed by atoms with Crippen molar-refractivity contribution in [1.82, 2.24) is 4.90 Å². The summed E-state index contributed by atoms with van der Waals surface area (Å²) in [7, 11) is 0. The first kappa shape index (κ1) is 24.6. The van der Waals surface area contributed by atoms with Gasteiger partial charge >= 0.3 is 0 Å². The molecule has 162 valence electrons. The predicted molar refractivity (Wildman–Crippen MR) is 107 cm³/mol. The van der Waals surface area contributed by atoms with Crippen LogP contribution in [0.4, 0.5) is 0 Å². The molecule has 7 nitrogen and oxygen atoms in total. The lowest BCUT2D eigenvalue weighted by molar-refractivity contribution is -0.134. The van der Waals surface area contributed by atoms with E-state index in [-0.39, 0.29) is 23.9 Å². The number of ketones is 1. The second kappa shape index (κ2) is 13.7. The maximum absolute atomic E-state index is 12.2. The Labute approximate surface area is 168 Å². The predicted octanol–water partition coefficient (Wildman–Crippen LogP) is 2.78. The fraction of sp³-hybridized carbons (Fsp3) is 0.810. The third-order valence-corrected chi connectivity index (χ3v) is 5.28. The molecular weight excluding hydrogens is 362 g/mol. The van der Waals surface area contributed by atoms with Gasteiger partial charge in [-0.15, -0.1) is 0 Å². The monoisotopic (exact) mass is 399 g/mol. The van der Waals surface area contributed by atoms with Crippen LogP contribution >= 0.6 is 0 Å². The maximum Gasteiger partial charge on any atom is 0.300 e. The average molecular weight is 400 g/mol. The minimum Gasteiger partial charge on any atom is -0.512 e. The summed E-state index contributed by atoms with van der Waals surface area (Å²) < 4.78 is 5.34. The number of hydrogen-bond donors (Lipinski definition) is 3. The van der Waals surface area contributed by atoms with Crippen LogP contribution in [0, 0.1) is 11.8 Å². The SMILES string of the molecule is CC(=O)O.CCCCCCC=C(O)[C@H]1[C@H](O)CC(=O)[C@@H]1CCN1CCOCC1. The van der Waals surface area contributed by atoms with Gasteiger partial charge in [-0.3, -0.25) is 14.5 Å². The molecule has 1 aliphatic carbocycles. The molecule has 0 aromatic heterocycles. The lowest BCUT2D eigenvalue weighted by Gasteiger charge is -2.28. The van der Waals surface area contributed by atoms with E-state index < -0.39 is 18.0 Å². The van der Waals surface area contributed by atoms with Crippen LogP contribution in [0.2, 0.25) is 0 Å². The number of unbranched alkanes of at least 4 members (excludes halogenated alkanes) is 4. The first-order chi connectivity index (χ1) is 13.4. The van der Waals surface area contributed by atoms with Gasteiger partial charge in [-0.05, 0) is 31.9 Å². The number of morpholine rings is 1. The summed E-state index contributed by atoms with van der Waals surface area (Å²) in [6.07, 6.45) is 7.39. The second-order valence-corrected chi connectivity index (χ2v) is 7.61. The molecule has 2 fully saturated rings. The second-order valence-electron chi connectivity index (χ2n) is 7.61. The molecule has 3 atom stereocenters. The number of nitrogens with zero attached hydrogens (tertiary/aromatic N) is 1. The van der Waals surface area contributed by atoms with E-state index >= 15 is 0 Å². The Morgan fingerprint density at radius 3 is 2.46 bits per heavy atom. The van der Waals surface area contributed by atoms with Crippen LogP contribution in [-0.2, 0) is 14.3 Å². The van der Waals surface area contributed by atoms with Gasteiger partial charge in [0.2, 0.25) is 0 Å². The summed E-state index contributed by atoms with van der Waals surface area (Å²) in [6, 6.07) is 0. The summed E-state index contributed by atoms with van der Waals surface area (Å²) in [5.74, 6) is -1.19. The minimum absolute atomic E-state index is 0.0895. The van der Waals surface area contributed by atoms with Crippen molar-refractivity contribution >= 4 is 11.8 Å². The van der Waals surface area contributed by atoms with Crippen molar-refractivity contribution in [3.8, 4) is 0 Å². The molecule has 1 heterocycles. The summed E-state index contributed by atoms with van der Waals surface area (Å²) in [5.41, 5.74) is 0. The Morgan fingerprint density at radius 2 is 1.86 bits per heavy atom. The lowest BCUT2D eigenvalue weighted by Crippen LogP contribution is -2.38. The molecule has 1 saturated heterocycles. The van der Waals surface area contributed by atoms with Crippen molar-refractivity contribution in [2.45, 2.75) is 64.9 Å². The average Bonchev–Trinajstić information content (AvgIpc) is 2.93. The Hall–Kier alpha value is -1.44. The van der Waals surface area contributed by atoms with E-state index in [9.17, 15) is 15.0 Å². The van der Waals surface area contributed by atoms with E-state index in [1.807, 2.05) is 6.08 Å². The lowest BCUT2D eigenvalue weighted by atomic mass is 9.88. The summed E-state index contributed by atoms with van der Waals surface area (Å²) in [5, 5.41) is 28.1. The van der Waals surface area contributed by atoms with Crippen LogP contribution in [0.25, 0.3) is 0 Å². The quantitative estimate of drug-likeness (QED) is 0.404. The highest BCUT2D eigenvalue weighted by atomic mass is 16.5. The van der Waals surface area contributed by atoms with E-state index in [1.54, 1.807) is 0 Å². The molecule has 0 bridgehead atoms. The molecule has 0 radical (unpaired) electrons. The number of aliphatic hydroxyl groups excluding tert-OH is 2. The van der Waals surface area contributed by atoms with Crippen molar-refractivity contribution < 1.29 is 29.6 Å². The maximum atomic E-state index is 12.2. The number of carboxylic acids is 1. The van der Waals surface area contributed by atoms with Gasteiger partial charge in [-0.25, -0.2) is 0 Å². The standard InChI is InChI=1S/C19H33NO4.C2H4O2/c1-2-3-4-5-6-7-16(21)19-15(17(22)14-18(19)23)8-9-20-10-12-24-13-11-20;1-2(3)4/h7,15,18-19,21,23H,2-6,8-14H2,1H3;1H3,(H,3,4)/t15-,18+,19-;/m0./s1. The van der Waals surface area contributed by atoms with Crippen molar-refractivity contribution in [3.05, 3.63) is 11.8 Å². The van der Waals surface area contributed by atoms with E-state index in [0.29, 0.717) is 6.42 Å². The molecular formula is C21H37NO6. The zero-order chi connectivity index (χ0) is 20.9.